The molecule has 0 spiro atoms. The molecule has 1 heterocycles. The van der Waals surface area contributed by atoms with E-state index in [0.717, 1.165) is 26.2 Å². The Labute approximate surface area is 134 Å². The molecule has 3 rings (SSSR count). The minimum atomic E-state index is -0.432. The first-order valence-electron chi connectivity index (χ1n) is 8.90. The van der Waals surface area contributed by atoms with Crippen LogP contribution in [0.3, 0.4) is 0 Å². The van der Waals surface area contributed by atoms with E-state index in [2.05, 4.69) is 16.8 Å². The first-order valence-corrected chi connectivity index (χ1v) is 8.90. The summed E-state index contributed by atoms with van der Waals surface area (Å²) in [7, 11) is 4.00. The standard InChI is InChI=1S/C17H31N3O2/c1-18-7-9-20(10-8-18)12-13(21)11-19(2)17(22)16-14-5-3-4-6-15(14)16/h13-16,21H,3-12H2,1-2H3. The van der Waals surface area contributed by atoms with Crippen LogP contribution < -0.4 is 0 Å². The zero-order valence-corrected chi connectivity index (χ0v) is 14.1. The molecule has 0 aromatic carbocycles. The summed E-state index contributed by atoms with van der Waals surface area (Å²) in [4.78, 5) is 18.9. The zero-order chi connectivity index (χ0) is 15.7. The van der Waals surface area contributed by atoms with Crippen molar-refractivity contribution in [3.63, 3.8) is 0 Å². The van der Waals surface area contributed by atoms with Crippen LogP contribution in [0.1, 0.15) is 25.7 Å². The van der Waals surface area contributed by atoms with Gasteiger partial charge in [0.2, 0.25) is 5.91 Å². The molecule has 1 aliphatic heterocycles. The lowest BCUT2D eigenvalue weighted by molar-refractivity contribution is -0.133. The van der Waals surface area contributed by atoms with Crippen molar-refractivity contribution in [2.45, 2.75) is 31.8 Å². The normalized spacial score (nSPS) is 34.0. The van der Waals surface area contributed by atoms with Crippen molar-refractivity contribution in [3.05, 3.63) is 0 Å². The maximum Gasteiger partial charge on any atom is 0.226 e. The monoisotopic (exact) mass is 309 g/mol. The first-order chi connectivity index (χ1) is 10.6. The van der Waals surface area contributed by atoms with Crippen LogP contribution in [0.15, 0.2) is 0 Å². The molecule has 0 aromatic rings. The van der Waals surface area contributed by atoms with Crippen LogP contribution in [0.5, 0.6) is 0 Å². The van der Waals surface area contributed by atoms with Crippen molar-refractivity contribution in [3.8, 4) is 0 Å². The molecule has 5 nitrogen and oxygen atoms in total. The number of carbonyl (C=O) groups excluding carboxylic acids is 1. The van der Waals surface area contributed by atoms with E-state index >= 15 is 0 Å². The number of nitrogens with zero attached hydrogens (tertiary/aromatic N) is 3. The Morgan fingerprint density at radius 2 is 1.77 bits per heavy atom. The topological polar surface area (TPSA) is 47.0 Å². The Bertz CT molecular complexity index is 383. The van der Waals surface area contributed by atoms with E-state index in [1.54, 1.807) is 4.90 Å². The van der Waals surface area contributed by atoms with Crippen molar-refractivity contribution in [2.75, 3.05) is 53.4 Å². The van der Waals surface area contributed by atoms with Crippen LogP contribution in [0, 0.1) is 17.8 Å². The van der Waals surface area contributed by atoms with Gasteiger partial charge in [0.05, 0.1) is 6.10 Å². The average Bonchev–Trinajstić information content (AvgIpc) is 3.23. The Morgan fingerprint density at radius 1 is 1.18 bits per heavy atom. The predicted molar refractivity (Wildman–Crippen MR) is 86.5 cm³/mol. The highest BCUT2D eigenvalue weighted by molar-refractivity contribution is 5.82. The second-order valence-electron chi connectivity index (χ2n) is 7.61. The van der Waals surface area contributed by atoms with Gasteiger partial charge in [0.25, 0.3) is 0 Å². The molecule has 3 atom stereocenters. The number of fused-ring (bicyclic) bond motifs is 1. The number of β-amino-alcohol motifs (C(OH)–C–C–N with tert-alkyl or cyclic N) is 1. The third-order valence-electron chi connectivity index (χ3n) is 5.87. The van der Waals surface area contributed by atoms with Gasteiger partial charge in [-0.2, -0.15) is 0 Å². The van der Waals surface area contributed by atoms with E-state index < -0.39 is 6.10 Å². The Kier molecular flexibility index (Phi) is 5.05. The fourth-order valence-electron chi connectivity index (χ4n) is 4.41. The number of aliphatic hydroxyl groups is 1. The zero-order valence-electron chi connectivity index (χ0n) is 14.1. The second kappa shape index (κ2) is 6.85. The number of rotatable bonds is 5. The van der Waals surface area contributed by atoms with Gasteiger partial charge in [0.15, 0.2) is 0 Å². The predicted octanol–water partition coefficient (Wildman–Crippen LogP) is 0.489. The highest BCUT2D eigenvalue weighted by atomic mass is 16.3. The van der Waals surface area contributed by atoms with Crippen LogP contribution >= 0.6 is 0 Å². The van der Waals surface area contributed by atoms with E-state index in [9.17, 15) is 9.90 Å². The van der Waals surface area contributed by atoms with E-state index in [-0.39, 0.29) is 11.8 Å². The molecule has 0 aromatic heterocycles. The van der Waals surface area contributed by atoms with E-state index in [1.165, 1.54) is 25.7 Å². The van der Waals surface area contributed by atoms with Crippen molar-refractivity contribution >= 4 is 5.91 Å². The molecule has 5 heteroatoms. The van der Waals surface area contributed by atoms with Crippen LogP contribution in [-0.4, -0.2) is 85.2 Å². The van der Waals surface area contributed by atoms with Gasteiger partial charge in [-0.3, -0.25) is 9.69 Å². The Hall–Kier alpha value is -0.650. The molecule has 2 aliphatic carbocycles. The lowest BCUT2D eigenvalue weighted by Gasteiger charge is -2.34. The van der Waals surface area contributed by atoms with Gasteiger partial charge in [-0.25, -0.2) is 0 Å². The van der Waals surface area contributed by atoms with Crippen LogP contribution in [0.2, 0.25) is 0 Å². The van der Waals surface area contributed by atoms with Crippen molar-refractivity contribution in [1.29, 1.82) is 0 Å². The highest BCUT2D eigenvalue weighted by Gasteiger charge is 2.55. The fourth-order valence-corrected chi connectivity index (χ4v) is 4.41. The van der Waals surface area contributed by atoms with Crippen molar-refractivity contribution in [1.82, 2.24) is 14.7 Å². The van der Waals surface area contributed by atoms with Crippen LogP contribution in [0.25, 0.3) is 0 Å². The van der Waals surface area contributed by atoms with E-state index in [1.807, 2.05) is 7.05 Å². The summed E-state index contributed by atoms with van der Waals surface area (Å²) in [5.41, 5.74) is 0. The summed E-state index contributed by atoms with van der Waals surface area (Å²) in [6, 6.07) is 0. The molecule has 3 unspecified atom stereocenters. The number of aliphatic hydroxyl groups excluding tert-OH is 1. The number of hydrogen-bond donors (Lipinski definition) is 1. The number of carbonyl (C=O) groups is 1. The lowest BCUT2D eigenvalue weighted by Crippen LogP contribution is -2.49. The van der Waals surface area contributed by atoms with Gasteiger partial charge in [-0.15, -0.1) is 0 Å². The third-order valence-corrected chi connectivity index (χ3v) is 5.87. The summed E-state index contributed by atoms with van der Waals surface area (Å²) < 4.78 is 0. The van der Waals surface area contributed by atoms with Crippen molar-refractivity contribution < 1.29 is 9.90 Å². The van der Waals surface area contributed by atoms with E-state index in [4.69, 9.17) is 0 Å². The molecule has 2 saturated carbocycles. The fraction of sp³-hybridized carbons (Fsp3) is 0.941. The van der Waals surface area contributed by atoms with Crippen LogP contribution in [-0.2, 0) is 4.79 Å². The molecule has 1 N–H and O–H groups in total. The van der Waals surface area contributed by atoms with Gasteiger partial charge in [-0.05, 0) is 31.7 Å². The largest absolute Gasteiger partial charge is 0.390 e. The van der Waals surface area contributed by atoms with E-state index in [0.29, 0.717) is 24.9 Å². The number of piperazine rings is 1. The molecular weight excluding hydrogens is 278 g/mol. The van der Waals surface area contributed by atoms with Crippen LogP contribution in [0.4, 0.5) is 0 Å². The minimum Gasteiger partial charge on any atom is -0.390 e. The lowest BCUT2D eigenvalue weighted by atomic mass is 10.0. The van der Waals surface area contributed by atoms with Gasteiger partial charge in [0, 0.05) is 52.2 Å². The molecule has 126 valence electrons. The molecule has 1 amide bonds. The smallest absolute Gasteiger partial charge is 0.226 e. The summed E-state index contributed by atoms with van der Waals surface area (Å²) in [6.07, 6.45) is 4.62. The first kappa shape index (κ1) is 16.2. The molecular formula is C17H31N3O2. The summed E-state index contributed by atoms with van der Waals surface area (Å²) in [6.45, 7) is 5.31. The van der Waals surface area contributed by atoms with Gasteiger partial charge < -0.3 is 14.9 Å². The van der Waals surface area contributed by atoms with Crippen molar-refractivity contribution in [2.24, 2.45) is 17.8 Å². The number of likely N-dealkylation sites (N-methyl/N-ethyl adjacent to an activating group) is 2. The summed E-state index contributed by atoms with van der Waals surface area (Å²) in [5.74, 6) is 1.84. The third kappa shape index (κ3) is 3.63. The number of hydrogen-bond acceptors (Lipinski definition) is 4. The maximum atomic E-state index is 12.5. The summed E-state index contributed by atoms with van der Waals surface area (Å²) in [5, 5.41) is 10.3. The van der Waals surface area contributed by atoms with Gasteiger partial charge in [0.1, 0.15) is 0 Å². The average molecular weight is 309 g/mol. The molecule has 3 fully saturated rings. The SMILES string of the molecule is CN1CCN(CC(O)CN(C)C(=O)C2C3CCCCC32)CC1. The highest BCUT2D eigenvalue weighted by Crippen LogP contribution is 2.55. The second-order valence-corrected chi connectivity index (χ2v) is 7.61. The van der Waals surface area contributed by atoms with Gasteiger partial charge in [-0.1, -0.05) is 12.8 Å². The van der Waals surface area contributed by atoms with Gasteiger partial charge >= 0.3 is 0 Å². The molecule has 0 radical (unpaired) electrons. The molecule has 0 bridgehead atoms. The molecule has 3 aliphatic rings. The number of amides is 1. The Morgan fingerprint density at radius 3 is 2.36 bits per heavy atom. The molecule has 1 saturated heterocycles. The quantitative estimate of drug-likeness (QED) is 0.803. The molecule has 22 heavy (non-hydrogen) atoms. The minimum absolute atomic E-state index is 0.267. The Balaban J connectivity index is 1.41. The maximum absolute atomic E-state index is 12.5. The summed E-state index contributed by atoms with van der Waals surface area (Å²) >= 11 is 0.